The molecule has 1 fully saturated rings. The predicted molar refractivity (Wildman–Crippen MR) is 68.9 cm³/mol. The molecular weight excluding hydrogens is 319 g/mol. The van der Waals surface area contributed by atoms with Crippen LogP contribution in [-0.4, -0.2) is 41.0 Å². The lowest BCUT2D eigenvalue weighted by Crippen LogP contribution is -2.57. The van der Waals surface area contributed by atoms with Gasteiger partial charge < -0.3 is 10.4 Å². The molecule has 0 spiro atoms. The summed E-state index contributed by atoms with van der Waals surface area (Å²) in [6.07, 6.45) is 0. The van der Waals surface area contributed by atoms with E-state index in [-0.39, 0.29) is 25.5 Å². The molecule has 102 valence electrons. The summed E-state index contributed by atoms with van der Waals surface area (Å²) in [5.41, 5.74) is 0.357. The van der Waals surface area contributed by atoms with Crippen LogP contribution in [0.5, 0.6) is 0 Å². The van der Waals surface area contributed by atoms with Gasteiger partial charge in [0.2, 0.25) is 5.91 Å². The van der Waals surface area contributed by atoms with Crippen LogP contribution in [0.1, 0.15) is 5.56 Å². The number of carbonyl (C=O) groups excluding carboxylic acids is 1. The topological polar surface area (TPSA) is 69.6 Å². The van der Waals surface area contributed by atoms with Gasteiger partial charge in [-0.1, -0.05) is 15.9 Å². The molecule has 1 amide bonds. The Labute approximate surface area is 117 Å². The SMILES string of the molecule is O=C1CN(Cc2cc(Br)ccc2F)C(C(=O)O)CN1. The van der Waals surface area contributed by atoms with Gasteiger partial charge in [0, 0.05) is 23.1 Å². The molecule has 0 saturated carbocycles. The minimum absolute atomic E-state index is 0.0315. The first-order valence-electron chi connectivity index (χ1n) is 5.65. The van der Waals surface area contributed by atoms with Gasteiger partial charge in [-0.05, 0) is 18.2 Å². The summed E-state index contributed by atoms with van der Waals surface area (Å²) in [5, 5.41) is 11.6. The number of carbonyl (C=O) groups is 2. The standard InChI is InChI=1S/C12H12BrFN2O3/c13-8-1-2-9(14)7(3-8)5-16-6-11(17)15-4-10(16)12(18)19/h1-3,10H,4-6H2,(H,15,17)(H,18,19). The molecule has 1 aromatic carbocycles. The summed E-state index contributed by atoms with van der Waals surface area (Å²) in [5.74, 6) is -1.71. The van der Waals surface area contributed by atoms with Crippen molar-refractivity contribution in [1.29, 1.82) is 0 Å². The van der Waals surface area contributed by atoms with Gasteiger partial charge in [-0.15, -0.1) is 0 Å². The van der Waals surface area contributed by atoms with Crippen LogP contribution in [0.25, 0.3) is 0 Å². The average molecular weight is 331 g/mol. The lowest BCUT2D eigenvalue weighted by Gasteiger charge is -2.32. The van der Waals surface area contributed by atoms with Gasteiger partial charge in [-0.25, -0.2) is 4.39 Å². The van der Waals surface area contributed by atoms with Gasteiger partial charge in [0.15, 0.2) is 0 Å². The Morgan fingerprint density at radius 1 is 1.58 bits per heavy atom. The molecule has 2 rings (SSSR count). The van der Waals surface area contributed by atoms with Gasteiger partial charge in [0.1, 0.15) is 11.9 Å². The molecule has 1 aromatic rings. The van der Waals surface area contributed by atoms with Crippen molar-refractivity contribution in [2.75, 3.05) is 13.1 Å². The summed E-state index contributed by atoms with van der Waals surface area (Å²) in [7, 11) is 0. The van der Waals surface area contributed by atoms with Crippen molar-refractivity contribution in [1.82, 2.24) is 10.2 Å². The van der Waals surface area contributed by atoms with Crippen molar-refractivity contribution in [3.8, 4) is 0 Å². The fourth-order valence-corrected chi connectivity index (χ4v) is 2.39. The number of halogens is 2. The third kappa shape index (κ3) is 3.30. The number of hydrogen-bond acceptors (Lipinski definition) is 3. The van der Waals surface area contributed by atoms with Crippen molar-refractivity contribution in [3.05, 3.63) is 34.1 Å². The molecule has 1 atom stereocenters. The largest absolute Gasteiger partial charge is 0.480 e. The Hall–Kier alpha value is -1.47. The smallest absolute Gasteiger partial charge is 0.322 e. The van der Waals surface area contributed by atoms with E-state index in [2.05, 4.69) is 21.2 Å². The number of carboxylic acids is 1. The molecule has 1 saturated heterocycles. The van der Waals surface area contributed by atoms with Crippen LogP contribution in [0.4, 0.5) is 4.39 Å². The summed E-state index contributed by atoms with van der Waals surface area (Å²) in [6.45, 7) is 0.0579. The third-order valence-corrected chi connectivity index (χ3v) is 3.44. The highest BCUT2D eigenvalue weighted by molar-refractivity contribution is 9.10. The number of amides is 1. The molecule has 0 aromatic heterocycles. The molecule has 1 unspecified atom stereocenters. The second-order valence-electron chi connectivity index (χ2n) is 4.30. The van der Waals surface area contributed by atoms with E-state index >= 15 is 0 Å². The molecule has 1 heterocycles. The summed E-state index contributed by atoms with van der Waals surface area (Å²) in [4.78, 5) is 23.9. The molecular formula is C12H12BrFN2O3. The van der Waals surface area contributed by atoms with Crippen molar-refractivity contribution in [2.45, 2.75) is 12.6 Å². The van der Waals surface area contributed by atoms with Crippen molar-refractivity contribution in [3.63, 3.8) is 0 Å². The normalized spacial score (nSPS) is 20.1. The van der Waals surface area contributed by atoms with E-state index in [0.717, 1.165) is 0 Å². The lowest BCUT2D eigenvalue weighted by atomic mass is 10.1. The van der Waals surface area contributed by atoms with E-state index in [1.165, 1.54) is 11.0 Å². The molecule has 7 heteroatoms. The number of benzene rings is 1. The number of nitrogens with zero attached hydrogens (tertiary/aromatic N) is 1. The zero-order valence-electron chi connectivity index (χ0n) is 9.90. The first kappa shape index (κ1) is 14.0. The molecule has 1 aliphatic heterocycles. The van der Waals surface area contributed by atoms with Crippen LogP contribution in [0.3, 0.4) is 0 Å². The minimum Gasteiger partial charge on any atom is -0.480 e. The van der Waals surface area contributed by atoms with Crippen LogP contribution in [0.15, 0.2) is 22.7 Å². The Morgan fingerprint density at radius 2 is 2.32 bits per heavy atom. The van der Waals surface area contributed by atoms with Gasteiger partial charge in [-0.3, -0.25) is 14.5 Å². The van der Waals surface area contributed by atoms with Crippen LogP contribution in [0.2, 0.25) is 0 Å². The van der Waals surface area contributed by atoms with Gasteiger partial charge in [0.05, 0.1) is 6.54 Å². The molecule has 0 bridgehead atoms. The summed E-state index contributed by atoms with van der Waals surface area (Å²) in [6, 6.07) is 3.62. The monoisotopic (exact) mass is 330 g/mol. The Kier molecular flexibility index (Phi) is 4.16. The number of carboxylic acid groups (broad SMARTS) is 1. The highest BCUT2D eigenvalue weighted by Crippen LogP contribution is 2.19. The van der Waals surface area contributed by atoms with E-state index in [9.17, 15) is 14.0 Å². The predicted octanol–water partition coefficient (Wildman–Crippen LogP) is 0.973. The van der Waals surface area contributed by atoms with E-state index < -0.39 is 17.8 Å². The molecule has 19 heavy (non-hydrogen) atoms. The van der Waals surface area contributed by atoms with Crippen molar-refractivity contribution in [2.24, 2.45) is 0 Å². The van der Waals surface area contributed by atoms with Crippen molar-refractivity contribution >= 4 is 27.8 Å². The van der Waals surface area contributed by atoms with Gasteiger partial charge in [-0.2, -0.15) is 0 Å². The van der Waals surface area contributed by atoms with E-state index in [1.807, 2.05) is 0 Å². The molecule has 0 aliphatic carbocycles. The first-order valence-corrected chi connectivity index (χ1v) is 6.44. The van der Waals surface area contributed by atoms with Gasteiger partial charge in [0.25, 0.3) is 0 Å². The zero-order chi connectivity index (χ0) is 14.0. The number of aliphatic carboxylic acids is 1. The third-order valence-electron chi connectivity index (χ3n) is 2.95. The van der Waals surface area contributed by atoms with E-state index in [1.54, 1.807) is 12.1 Å². The molecule has 1 aliphatic rings. The first-order chi connectivity index (χ1) is 8.97. The fourth-order valence-electron chi connectivity index (χ4n) is 1.98. The Morgan fingerprint density at radius 3 is 3.00 bits per heavy atom. The van der Waals surface area contributed by atoms with Crippen LogP contribution >= 0.6 is 15.9 Å². The molecule has 2 N–H and O–H groups in total. The Bertz CT molecular complexity index is 524. The maximum absolute atomic E-state index is 13.7. The minimum atomic E-state index is -1.03. The summed E-state index contributed by atoms with van der Waals surface area (Å²) >= 11 is 3.24. The second-order valence-corrected chi connectivity index (χ2v) is 5.21. The van der Waals surface area contributed by atoms with E-state index in [4.69, 9.17) is 5.11 Å². The highest BCUT2D eigenvalue weighted by atomic mass is 79.9. The van der Waals surface area contributed by atoms with Crippen LogP contribution < -0.4 is 5.32 Å². The summed E-state index contributed by atoms with van der Waals surface area (Å²) < 4.78 is 14.4. The number of hydrogen-bond donors (Lipinski definition) is 2. The fraction of sp³-hybridized carbons (Fsp3) is 0.333. The van der Waals surface area contributed by atoms with Crippen molar-refractivity contribution < 1.29 is 19.1 Å². The zero-order valence-corrected chi connectivity index (χ0v) is 11.5. The molecule has 5 nitrogen and oxygen atoms in total. The van der Waals surface area contributed by atoms with Crippen LogP contribution in [0, 0.1) is 5.82 Å². The number of piperazine rings is 1. The molecule has 0 radical (unpaired) electrons. The lowest BCUT2D eigenvalue weighted by molar-refractivity contribution is -0.146. The number of rotatable bonds is 3. The van der Waals surface area contributed by atoms with E-state index in [0.29, 0.717) is 10.0 Å². The Balaban J connectivity index is 2.20. The average Bonchev–Trinajstić information content (AvgIpc) is 2.33. The number of nitrogens with one attached hydrogen (secondary N) is 1. The van der Waals surface area contributed by atoms with Crippen LogP contribution in [-0.2, 0) is 16.1 Å². The quantitative estimate of drug-likeness (QED) is 0.866. The van der Waals surface area contributed by atoms with Gasteiger partial charge >= 0.3 is 5.97 Å². The maximum Gasteiger partial charge on any atom is 0.322 e. The maximum atomic E-state index is 13.7. The second kappa shape index (κ2) is 5.66. The highest BCUT2D eigenvalue weighted by Gasteiger charge is 2.32.